The van der Waals surface area contributed by atoms with E-state index in [1.54, 1.807) is 19.1 Å². The Morgan fingerprint density at radius 3 is 2.63 bits per heavy atom. The summed E-state index contributed by atoms with van der Waals surface area (Å²) >= 11 is 0. The second-order valence-corrected chi connectivity index (χ2v) is 9.24. The lowest BCUT2D eigenvalue weighted by molar-refractivity contribution is -0.119. The van der Waals surface area contributed by atoms with Crippen LogP contribution < -0.4 is 9.62 Å². The Morgan fingerprint density at radius 2 is 1.89 bits per heavy atom. The zero-order valence-corrected chi connectivity index (χ0v) is 16.5. The van der Waals surface area contributed by atoms with E-state index in [0.29, 0.717) is 16.1 Å². The van der Waals surface area contributed by atoms with Crippen LogP contribution in [0.3, 0.4) is 0 Å². The van der Waals surface area contributed by atoms with Crippen LogP contribution in [0.5, 0.6) is 0 Å². The summed E-state index contributed by atoms with van der Waals surface area (Å²) in [5.74, 6) is 0.387. The zero-order chi connectivity index (χ0) is 19.2. The molecule has 6 heteroatoms. The van der Waals surface area contributed by atoms with Gasteiger partial charge in [0, 0.05) is 23.8 Å². The number of carbonyl (C=O) groups is 1. The lowest BCUT2D eigenvalue weighted by atomic mass is 10.0. The third kappa shape index (κ3) is 3.58. The van der Waals surface area contributed by atoms with Gasteiger partial charge in [0.1, 0.15) is 0 Å². The molecule has 0 radical (unpaired) electrons. The van der Waals surface area contributed by atoms with E-state index in [-0.39, 0.29) is 11.8 Å². The van der Waals surface area contributed by atoms with Gasteiger partial charge in [-0.05, 0) is 80.5 Å². The molecule has 27 heavy (non-hydrogen) atoms. The van der Waals surface area contributed by atoms with Crippen LogP contribution in [0.4, 0.5) is 11.4 Å². The number of aryl methyl sites for hydroxylation is 3. The second kappa shape index (κ2) is 6.68. The summed E-state index contributed by atoms with van der Waals surface area (Å²) in [7, 11) is -3.66. The van der Waals surface area contributed by atoms with Gasteiger partial charge in [-0.2, -0.15) is 0 Å². The fourth-order valence-electron chi connectivity index (χ4n) is 3.65. The molecule has 0 saturated heterocycles. The molecule has 0 bridgehead atoms. The van der Waals surface area contributed by atoms with E-state index in [1.807, 2.05) is 36.1 Å². The van der Waals surface area contributed by atoms with Gasteiger partial charge in [0.25, 0.3) is 10.0 Å². The molecule has 0 unspecified atom stereocenters. The molecule has 0 aromatic heterocycles. The topological polar surface area (TPSA) is 66.5 Å². The van der Waals surface area contributed by atoms with E-state index in [9.17, 15) is 13.2 Å². The smallest absolute Gasteiger partial charge is 0.262 e. The van der Waals surface area contributed by atoms with Gasteiger partial charge in [0.05, 0.1) is 4.90 Å². The molecule has 2 aliphatic rings. The van der Waals surface area contributed by atoms with E-state index < -0.39 is 10.0 Å². The molecular weight excluding hydrogens is 360 g/mol. The molecule has 1 fully saturated rings. The van der Waals surface area contributed by atoms with Gasteiger partial charge in [-0.3, -0.25) is 9.52 Å². The minimum atomic E-state index is -3.66. The van der Waals surface area contributed by atoms with Gasteiger partial charge in [0.2, 0.25) is 5.91 Å². The highest BCUT2D eigenvalue weighted by molar-refractivity contribution is 7.92. The van der Waals surface area contributed by atoms with E-state index in [2.05, 4.69) is 4.72 Å². The Kier molecular flexibility index (Phi) is 4.46. The average Bonchev–Trinajstić information content (AvgIpc) is 3.47. The standard InChI is InChI=1S/C21H24N2O3S/c1-14-5-6-15(2)20(12-14)27(25,26)22-18-9-10-19-17(13-18)4-3-11-23(19)21(24)16-7-8-16/h5-6,9-10,12-13,16,22H,3-4,7-8,11H2,1-2H3. The van der Waals surface area contributed by atoms with Gasteiger partial charge in [-0.15, -0.1) is 0 Å². The maximum Gasteiger partial charge on any atom is 0.262 e. The largest absolute Gasteiger partial charge is 0.312 e. The van der Waals surface area contributed by atoms with Gasteiger partial charge < -0.3 is 4.90 Å². The van der Waals surface area contributed by atoms with Crippen LogP contribution in [0.2, 0.25) is 0 Å². The van der Waals surface area contributed by atoms with Crippen LogP contribution in [0, 0.1) is 19.8 Å². The summed E-state index contributed by atoms with van der Waals surface area (Å²) in [6, 6.07) is 10.9. The predicted molar refractivity (Wildman–Crippen MR) is 107 cm³/mol. The number of rotatable bonds is 4. The van der Waals surface area contributed by atoms with E-state index in [4.69, 9.17) is 0 Å². The molecule has 1 N–H and O–H groups in total. The Balaban J connectivity index is 1.62. The number of fused-ring (bicyclic) bond motifs is 1. The SMILES string of the molecule is Cc1ccc(C)c(S(=O)(=O)Nc2ccc3c(c2)CCCN3C(=O)C2CC2)c1. The fourth-order valence-corrected chi connectivity index (χ4v) is 5.03. The number of hydrogen-bond donors (Lipinski definition) is 1. The van der Waals surface area contributed by atoms with E-state index in [1.165, 1.54) is 0 Å². The number of amides is 1. The zero-order valence-electron chi connectivity index (χ0n) is 15.7. The summed E-state index contributed by atoms with van der Waals surface area (Å²) in [4.78, 5) is 14.7. The maximum atomic E-state index is 12.8. The van der Waals surface area contributed by atoms with Crippen LogP contribution in [-0.2, 0) is 21.2 Å². The quantitative estimate of drug-likeness (QED) is 0.872. The first-order chi connectivity index (χ1) is 12.8. The summed E-state index contributed by atoms with van der Waals surface area (Å²) < 4.78 is 28.4. The monoisotopic (exact) mass is 384 g/mol. The Hall–Kier alpha value is -2.34. The molecule has 1 heterocycles. The highest BCUT2D eigenvalue weighted by Crippen LogP contribution is 2.37. The summed E-state index contributed by atoms with van der Waals surface area (Å²) in [6.07, 6.45) is 3.72. The Morgan fingerprint density at radius 1 is 1.11 bits per heavy atom. The van der Waals surface area contributed by atoms with Crippen LogP contribution in [-0.4, -0.2) is 20.9 Å². The molecule has 0 atom stereocenters. The number of carbonyl (C=O) groups excluding carboxylic acids is 1. The summed E-state index contributed by atoms with van der Waals surface area (Å²) in [6.45, 7) is 4.42. The highest BCUT2D eigenvalue weighted by atomic mass is 32.2. The number of sulfonamides is 1. The molecule has 1 aliphatic carbocycles. The minimum Gasteiger partial charge on any atom is -0.312 e. The lowest BCUT2D eigenvalue weighted by Crippen LogP contribution is -2.36. The van der Waals surface area contributed by atoms with Crippen LogP contribution >= 0.6 is 0 Å². The molecule has 2 aromatic carbocycles. The van der Waals surface area contributed by atoms with Crippen molar-refractivity contribution in [2.75, 3.05) is 16.2 Å². The molecule has 2 aromatic rings. The van der Waals surface area contributed by atoms with Crippen molar-refractivity contribution in [1.29, 1.82) is 0 Å². The van der Waals surface area contributed by atoms with Crippen molar-refractivity contribution in [1.82, 2.24) is 0 Å². The molecule has 1 saturated carbocycles. The molecule has 1 aliphatic heterocycles. The van der Waals surface area contributed by atoms with Crippen molar-refractivity contribution in [3.63, 3.8) is 0 Å². The minimum absolute atomic E-state index is 0.179. The number of nitrogens with one attached hydrogen (secondary N) is 1. The number of nitrogens with zero attached hydrogens (tertiary/aromatic N) is 1. The first kappa shape index (κ1) is 18.0. The van der Waals surface area contributed by atoms with Crippen LogP contribution in [0.15, 0.2) is 41.3 Å². The maximum absolute atomic E-state index is 12.8. The van der Waals surface area contributed by atoms with Crippen LogP contribution in [0.25, 0.3) is 0 Å². The van der Waals surface area contributed by atoms with Crippen molar-refractivity contribution in [2.45, 2.75) is 44.4 Å². The van der Waals surface area contributed by atoms with Gasteiger partial charge in [0.15, 0.2) is 0 Å². The molecule has 142 valence electrons. The van der Waals surface area contributed by atoms with Gasteiger partial charge in [-0.25, -0.2) is 8.42 Å². The lowest BCUT2D eigenvalue weighted by Gasteiger charge is -2.30. The van der Waals surface area contributed by atoms with Crippen LogP contribution in [0.1, 0.15) is 36.0 Å². The first-order valence-electron chi connectivity index (χ1n) is 9.39. The third-order valence-electron chi connectivity index (χ3n) is 5.28. The second-order valence-electron chi connectivity index (χ2n) is 7.59. The number of benzene rings is 2. The molecule has 4 rings (SSSR count). The van der Waals surface area contributed by atoms with Crippen molar-refractivity contribution in [3.8, 4) is 0 Å². The van der Waals surface area contributed by atoms with Gasteiger partial charge >= 0.3 is 0 Å². The Labute approximate surface area is 160 Å². The predicted octanol–water partition coefficient (Wildman–Crippen LogP) is 3.79. The van der Waals surface area contributed by atoms with Crippen molar-refractivity contribution < 1.29 is 13.2 Å². The van der Waals surface area contributed by atoms with Crippen molar-refractivity contribution in [2.24, 2.45) is 5.92 Å². The van der Waals surface area contributed by atoms with Crippen molar-refractivity contribution in [3.05, 3.63) is 53.1 Å². The first-order valence-corrected chi connectivity index (χ1v) is 10.9. The molecular formula is C21H24N2O3S. The molecule has 5 nitrogen and oxygen atoms in total. The number of anilines is 2. The highest BCUT2D eigenvalue weighted by Gasteiger charge is 2.35. The van der Waals surface area contributed by atoms with Crippen molar-refractivity contribution >= 4 is 27.3 Å². The fraction of sp³-hybridized carbons (Fsp3) is 0.381. The molecule has 0 spiro atoms. The van der Waals surface area contributed by atoms with E-state index in [0.717, 1.165) is 49.0 Å². The average molecular weight is 385 g/mol. The third-order valence-corrected chi connectivity index (χ3v) is 6.80. The summed E-state index contributed by atoms with van der Waals surface area (Å²) in [5, 5.41) is 0. The van der Waals surface area contributed by atoms with Gasteiger partial charge in [-0.1, -0.05) is 12.1 Å². The normalized spacial score (nSPS) is 16.7. The summed E-state index contributed by atoms with van der Waals surface area (Å²) in [5.41, 5.74) is 4.10. The van der Waals surface area contributed by atoms with E-state index >= 15 is 0 Å². The number of hydrogen-bond acceptors (Lipinski definition) is 3. The molecule has 1 amide bonds. The Bertz CT molecular complexity index is 1010.